The van der Waals surface area contributed by atoms with Crippen molar-refractivity contribution in [3.8, 4) is 0 Å². The number of aromatic nitrogens is 3. The Bertz CT molecular complexity index is 933. The molecule has 0 atom stereocenters. The summed E-state index contributed by atoms with van der Waals surface area (Å²) < 4.78 is 1.73. The fraction of sp³-hybridized carbons (Fsp3) is 0.381. The molecule has 6 nitrogen and oxygen atoms in total. The molecule has 0 bridgehead atoms. The van der Waals surface area contributed by atoms with E-state index < -0.39 is 0 Å². The molecule has 0 spiro atoms. The highest BCUT2D eigenvalue weighted by atomic mass is 16.1. The molecule has 0 radical (unpaired) electrons. The van der Waals surface area contributed by atoms with Crippen LogP contribution in [0.25, 0.3) is 11.0 Å². The Morgan fingerprint density at radius 1 is 1.22 bits per heavy atom. The van der Waals surface area contributed by atoms with Gasteiger partial charge in [0.15, 0.2) is 5.65 Å². The van der Waals surface area contributed by atoms with E-state index in [1.807, 2.05) is 33.0 Å². The van der Waals surface area contributed by atoms with E-state index >= 15 is 0 Å². The number of hydrogen-bond donors (Lipinski definition) is 1. The summed E-state index contributed by atoms with van der Waals surface area (Å²) in [6, 6.07) is 12.2. The maximum absolute atomic E-state index is 12.7. The summed E-state index contributed by atoms with van der Waals surface area (Å²) in [5, 5.41) is 8.28. The molecule has 3 rings (SSSR count). The molecule has 1 N–H and O–H groups in total. The van der Waals surface area contributed by atoms with Crippen molar-refractivity contribution in [2.45, 2.75) is 26.8 Å². The summed E-state index contributed by atoms with van der Waals surface area (Å²) in [5.74, 6) is -0.0627. The second-order valence-electron chi connectivity index (χ2n) is 7.05. The Morgan fingerprint density at radius 3 is 2.70 bits per heavy atom. The number of amides is 1. The average Bonchev–Trinajstić information content (AvgIpc) is 2.92. The number of benzene rings is 1. The minimum Gasteiger partial charge on any atom is -0.352 e. The van der Waals surface area contributed by atoms with Crippen molar-refractivity contribution < 1.29 is 4.79 Å². The number of nitrogens with one attached hydrogen (secondary N) is 1. The van der Waals surface area contributed by atoms with E-state index in [2.05, 4.69) is 51.6 Å². The number of carbonyl (C=O) groups excluding carboxylic acids is 1. The van der Waals surface area contributed by atoms with E-state index in [1.54, 1.807) is 4.68 Å². The van der Waals surface area contributed by atoms with Crippen LogP contribution in [0.4, 0.5) is 0 Å². The van der Waals surface area contributed by atoms with Gasteiger partial charge in [-0.25, -0.2) is 4.98 Å². The van der Waals surface area contributed by atoms with Crippen LogP contribution in [0.5, 0.6) is 0 Å². The molecule has 2 heterocycles. The molecule has 142 valence electrons. The lowest BCUT2D eigenvalue weighted by molar-refractivity contribution is 0.0953. The van der Waals surface area contributed by atoms with E-state index in [0.717, 1.165) is 41.9 Å². The quantitative estimate of drug-likeness (QED) is 0.654. The number of aryl methyl sites for hydroxylation is 3. The first-order chi connectivity index (χ1) is 13.0. The normalized spacial score (nSPS) is 11.3. The summed E-state index contributed by atoms with van der Waals surface area (Å²) in [4.78, 5) is 19.5. The van der Waals surface area contributed by atoms with Gasteiger partial charge in [0, 0.05) is 25.8 Å². The summed E-state index contributed by atoms with van der Waals surface area (Å²) in [6.07, 6.45) is 0.897. The average molecular weight is 365 g/mol. The lowest BCUT2D eigenvalue weighted by atomic mass is 10.1. The van der Waals surface area contributed by atoms with E-state index in [9.17, 15) is 4.79 Å². The van der Waals surface area contributed by atoms with Crippen LogP contribution >= 0.6 is 0 Å². The third-order valence-electron chi connectivity index (χ3n) is 4.64. The summed E-state index contributed by atoms with van der Waals surface area (Å²) in [6.45, 7) is 6.28. The molecule has 0 aliphatic heterocycles. The molecule has 0 aliphatic rings. The first kappa shape index (κ1) is 19.0. The highest BCUT2D eigenvalue weighted by Crippen LogP contribution is 2.21. The van der Waals surface area contributed by atoms with Gasteiger partial charge in [-0.05, 0) is 45.5 Å². The number of fused-ring (bicyclic) bond motifs is 1. The fourth-order valence-corrected chi connectivity index (χ4v) is 3.37. The molecule has 0 unspecified atom stereocenters. The van der Waals surface area contributed by atoms with Gasteiger partial charge in [-0.15, -0.1) is 0 Å². The number of pyridine rings is 1. The predicted molar refractivity (Wildman–Crippen MR) is 108 cm³/mol. The smallest absolute Gasteiger partial charge is 0.252 e. The van der Waals surface area contributed by atoms with Crippen LogP contribution < -0.4 is 5.32 Å². The van der Waals surface area contributed by atoms with Gasteiger partial charge in [-0.1, -0.05) is 30.3 Å². The summed E-state index contributed by atoms with van der Waals surface area (Å²) >= 11 is 0. The molecule has 0 aliphatic carbocycles. The maximum atomic E-state index is 12.7. The van der Waals surface area contributed by atoms with Crippen LogP contribution in [-0.4, -0.2) is 45.7 Å². The van der Waals surface area contributed by atoms with Gasteiger partial charge >= 0.3 is 0 Å². The highest BCUT2D eigenvalue weighted by Gasteiger charge is 2.17. The van der Waals surface area contributed by atoms with Crippen molar-refractivity contribution in [2.24, 2.45) is 7.05 Å². The molecule has 1 amide bonds. The Kier molecular flexibility index (Phi) is 5.86. The Balaban J connectivity index is 1.56. The maximum Gasteiger partial charge on any atom is 0.252 e. The molecule has 0 fully saturated rings. The van der Waals surface area contributed by atoms with Gasteiger partial charge < -0.3 is 10.2 Å². The molecule has 6 heteroatoms. The highest BCUT2D eigenvalue weighted by molar-refractivity contribution is 6.06. The molecule has 0 saturated heterocycles. The zero-order valence-electron chi connectivity index (χ0n) is 16.5. The van der Waals surface area contributed by atoms with Crippen LogP contribution in [0.15, 0.2) is 36.4 Å². The van der Waals surface area contributed by atoms with Gasteiger partial charge in [0.25, 0.3) is 5.91 Å². The Hall–Kier alpha value is -2.73. The standard InChI is InChI=1S/C21H27N5O/c1-15-13-18(19-16(2)24-26(4)20(19)23-15)21(27)22-11-8-12-25(3)14-17-9-6-5-7-10-17/h5-7,9-10,13H,8,11-12,14H2,1-4H3,(H,22,27). The van der Waals surface area contributed by atoms with Crippen molar-refractivity contribution in [3.05, 3.63) is 58.9 Å². The number of hydrogen-bond acceptors (Lipinski definition) is 4. The SMILES string of the molecule is Cc1cc(C(=O)NCCCN(C)Cc2ccccc2)c2c(C)nn(C)c2n1. The molecule has 27 heavy (non-hydrogen) atoms. The first-order valence-electron chi connectivity index (χ1n) is 9.27. The van der Waals surface area contributed by atoms with Crippen molar-refractivity contribution in [1.82, 2.24) is 25.0 Å². The minimum atomic E-state index is -0.0627. The third kappa shape index (κ3) is 4.52. The van der Waals surface area contributed by atoms with E-state index in [-0.39, 0.29) is 5.91 Å². The Labute approximate surface area is 160 Å². The van der Waals surface area contributed by atoms with Crippen molar-refractivity contribution in [1.29, 1.82) is 0 Å². The second kappa shape index (κ2) is 8.31. The molecule has 3 aromatic rings. The molecule has 2 aromatic heterocycles. The molecule has 0 saturated carbocycles. The van der Waals surface area contributed by atoms with Gasteiger partial charge in [-0.3, -0.25) is 9.48 Å². The van der Waals surface area contributed by atoms with Crippen molar-refractivity contribution >= 4 is 16.9 Å². The van der Waals surface area contributed by atoms with E-state index in [0.29, 0.717) is 12.1 Å². The van der Waals surface area contributed by atoms with Crippen LogP contribution in [0.2, 0.25) is 0 Å². The van der Waals surface area contributed by atoms with Crippen LogP contribution in [-0.2, 0) is 13.6 Å². The minimum absolute atomic E-state index is 0.0627. The monoisotopic (exact) mass is 365 g/mol. The molecular weight excluding hydrogens is 338 g/mol. The van der Waals surface area contributed by atoms with Gasteiger partial charge in [-0.2, -0.15) is 5.10 Å². The molecule has 1 aromatic carbocycles. The van der Waals surface area contributed by atoms with Crippen molar-refractivity contribution in [3.63, 3.8) is 0 Å². The summed E-state index contributed by atoms with van der Waals surface area (Å²) in [7, 11) is 3.95. The van der Waals surface area contributed by atoms with Gasteiger partial charge in [0.2, 0.25) is 0 Å². The topological polar surface area (TPSA) is 63.1 Å². The zero-order valence-corrected chi connectivity index (χ0v) is 16.5. The largest absolute Gasteiger partial charge is 0.352 e. The number of nitrogens with zero attached hydrogens (tertiary/aromatic N) is 4. The number of rotatable bonds is 7. The lowest BCUT2D eigenvalue weighted by Crippen LogP contribution is -2.28. The van der Waals surface area contributed by atoms with E-state index in [4.69, 9.17) is 0 Å². The molecular formula is C21H27N5O. The summed E-state index contributed by atoms with van der Waals surface area (Å²) in [5.41, 5.74) is 4.35. The van der Waals surface area contributed by atoms with Crippen LogP contribution in [0.3, 0.4) is 0 Å². The van der Waals surface area contributed by atoms with Crippen LogP contribution in [0, 0.1) is 13.8 Å². The van der Waals surface area contributed by atoms with Crippen LogP contribution in [0.1, 0.15) is 33.7 Å². The second-order valence-corrected chi connectivity index (χ2v) is 7.05. The third-order valence-corrected chi connectivity index (χ3v) is 4.64. The van der Waals surface area contributed by atoms with E-state index in [1.165, 1.54) is 5.56 Å². The fourth-order valence-electron chi connectivity index (χ4n) is 3.37. The number of carbonyl (C=O) groups is 1. The van der Waals surface area contributed by atoms with Gasteiger partial charge in [0.05, 0.1) is 16.6 Å². The first-order valence-corrected chi connectivity index (χ1v) is 9.27. The zero-order chi connectivity index (χ0) is 19.4. The lowest BCUT2D eigenvalue weighted by Gasteiger charge is -2.16. The van der Waals surface area contributed by atoms with Gasteiger partial charge in [0.1, 0.15) is 0 Å². The Morgan fingerprint density at radius 2 is 1.96 bits per heavy atom. The predicted octanol–water partition coefficient (Wildman–Crippen LogP) is 2.84. The van der Waals surface area contributed by atoms with Crippen molar-refractivity contribution in [2.75, 3.05) is 20.1 Å².